The molecule has 1 rings (SSSR count). The second-order valence-electron chi connectivity index (χ2n) is 7.24. The molecule has 0 unspecified atom stereocenters. The van der Waals surface area contributed by atoms with Crippen LogP contribution in [0.2, 0.25) is 0 Å². The maximum absolute atomic E-state index is 12.0. The van der Waals surface area contributed by atoms with E-state index in [4.69, 9.17) is 9.47 Å². The Morgan fingerprint density at radius 2 is 1.75 bits per heavy atom. The van der Waals surface area contributed by atoms with Crippen LogP contribution < -0.4 is 10.6 Å². The molecule has 0 spiro atoms. The number of rotatable bonds is 6. The van der Waals surface area contributed by atoms with Gasteiger partial charge in [-0.1, -0.05) is 32.1 Å². The summed E-state index contributed by atoms with van der Waals surface area (Å²) in [5.74, 6) is -0.472. The molecule has 1 saturated carbocycles. The Labute approximate surface area is 143 Å². The van der Waals surface area contributed by atoms with Crippen molar-refractivity contribution in [1.82, 2.24) is 10.6 Å². The predicted molar refractivity (Wildman–Crippen MR) is 89.4 cm³/mol. The largest absolute Gasteiger partial charge is 0.467 e. The van der Waals surface area contributed by atoms with Gasteiger partial charge in [-0.2, -0.15) is 0 Å². The molecule has 2 amide bonds. The van der Waals surface area contributed by atoms with E-state index in [0.29, 0.717) is 12.3 Å². The van der Waals surface area contributed by atoms with Gasteiger partial charge in [0.1, 0.15) is 18.2 Å². The molecular weight excluding hydrogens is 312 g/mol. The summed E-state index contributed by atoms with van der Waals surface area (Å²) in [6.45, 7) is 4.98. The van der Waals surface area contributed by atoms with Crippen molar-refractivity contribution in [2.75, 3.05) is 13.7 Å². The molecular formula is C17H30N2O5. The summed E-state index contributed by atoms with van der Waals surface area (Å²) in [5.41, 5.74) is -0.629. The third-order valence-electron chi connectivity index (χ3n) is 3.91. The average Bonchev–Trinajstić information content (AvgIpc) is 2.51. The zero-order valence-corrected chi connectivity index (χ0v) is 15.1. The number of ether oxygens (including phenoxy) is 2. The van der Waals surface area contributed by atoms with Crippen LogP contribution in [0.3, 0.4) is 0 Å². The summed E-state index contributed by atoms with van der Waals surface area (Å²) in [6, 6.07) is -0.675. The number of alkyl carbamates (subject to hydrolysis) is 1. The minimum atomic E-state index is -0.675. The molecule has 138 valence electrons. The van der Waals surface area contributed by atoms with Gasteiger partial charge in [0, 0.05) is 0 Å². The molecule has 7 nitrogen and oxygen atoms in total. The molecule has 0 heterocycles. The molecule has 0 aliphatic heterocycles. The lowest BCUT2D eigenvalue weighted by atomic mass is 9.85. The van der Waals surface area contributed by atoms with Crippen LogP contribution in [0.4, 0.5) is 4.79 Å². The van der Waals surface area contributed by atoms with E-state index in [-0.39, 0.29) is 6.54 Å². The number of hydrogen-bond donors (Lipinski definition) is 2. The summed E-state index contributed by atoms with van der Waals surface area (Å²) < 4.78 is 9.84. The van der Waals surface area contributed by atoms with Crippen LogP contribution in [0.5, 0.6) is 0 Å². The molecule has 1 aliphatic rings. The fourth-order valence-corrected chi connectivity index (χ4v) is 2.82. The average molecular weight is 342 g/mol. The van der Waals surface area contributed by atoms with Crippen LogP contribution in [0.1, 0.15) is 59.3 Å². The molecule has 0 aromatic rings. The third kappa shape index (κ3) is 8.17. The molecule has 0 aromatic heterocycles. The van der Waals surface area contributed by atoms with Gasteiger partial charge in [-0.05, 0) is 33.1 Å². The zero-order chi connectivity index (χ0) is 18.2. The van der Waals surface area contributed by atoms with Crippen LogP contribution in [0.15, 0.2) is 0 Å². The first-order valence-electron chi connectivity index (χ1n) is 8.55. The number of hydrogen-bond acceptors (Lipinski definition) is 5. The minimum Gasteiger partial charge on any atom is -0.467 e. The molecule has 0 radical (unpaired) electrons. The Hall–Kier alpha value is -1.79. The van der Waals surface area contributed by atoms with E-state index < -0.39 is 29.6 Å². The maximum atomic E-state index is 12.0. The highest BCUT2D eigenvalue weighted by atomic mass is 16.6. The van der Waals surface area contributed by atoms with Gasteiger partial charge in [-0.3, -0.25) is 4.79 Å². The molecule has 1 fully saturated rings. The molecule has 2 N–H and O–H groups in total. The normalized spacial score (nSPS) is 16.8. The van der Waals surface area contributed by atoms with Crippen molar-refractivity contribution in [3.05, 3.63) is 0 Å². The van der Waals surface area contributed by atoms with Crippen molar-refractivity contribution >= 4 is 18.0 Å². The van der Waals surface area contributed by atoms with E-state index in [1.807, 2.05) is 0 Å². The van der Waals surface area contributed by atoms with Crippen LogP contribution >= 0.6 is 0 Å². The van der Waals surface area contributed by atoms with Gasteiger partial charge >= 0.3 is 12.1 Å². The zero-order valence-electron chi connectivity index (χ0n) is 15.1. The monoisotopic (exact) mass is 342 g/mol. The van der Waals surface area contributed by atoms with Crippen LogP contribution in [0, 0.1) is 5.92 Å². The van der Waals surface area contributed by atoms with Gasteiger partial charge in [0.15, 0.2) is 0 Å². The Morgan fingerprint density at radius 1 is 1.12 bits per heavy atom. The smallest absolute Gasteiger partial charge is 0.408 e. The summed E-state index contributed by atoms with van der Waals surface area (Å²) in [5, 5.41) is 5.03. The Kier molecular flexibility index (Phi) is 8.01. The van der Waals surface area contributed by atoms with Crippen molar-refractivity contribution in [3.63, 3.8) is 0 Å². The Bertz CT molecular complexity index is 439. The first-order chi connectivity index (χ1) is 11.2. The molecule has 0 bridgehead atoms. The first-order valence-corrected chi connectivity index (χ1v) is 8.55. The van der Waals surface area contributed by atoms with Crippen LogP contribution in [-0.2, 0) is 19.1 Å². The molecule has 7 heteroatoms. The van der Waals surface area contributed by atoms with Gasteiger partial charge in [-0.15, -0.1) is 0 Å². The van der Waals surface area contributed by atoms with E-state index >= 15 is 0 Å². The molecule has 0 aromatic carbocycles. The summed E-state index contributed by atoms with van der Waals surface area (Å²) in [6.07, 6.45) is 5.59. The summed E-state index contributed by atoms with van der Waals surface area (Å²) in [7, 11) is 1.31. The minimum absolute atomic E-state index is 0.243. The quantitative estimate of drug-likeness (QED) is 0.721. The number of carbonyl (C=O) groups excluding carboxylic acids is 3. The van der Waals surface area contributed by atoms with Crippen LogP contribution in [0.25, 0.3) is 0 Å². The number of carbonyl (C=O) groups is 3. The lowest BCUT2D eigenvalue weighted by Gasteiger charge is -2.26. The van der Waals surface area contributed by atoms with E-state index in [1.54, 1.807) is 20.8 Å². The highest BCUT2D eigenvalue weighted by Crippen LogP contribution is 2.27. The van der Waals surface area contributed by atoms with Crippen molar-refractivity contribution in [1.29, 1.82) is 0 Å². The fourth-order valence-electron chi connectivity index (χ4n) is 2.82. The predicted octanol–water partition coefficient (Wildman–Crippen LogP) is 2.14. The van der Waals surface area contributed by atoms with Gasteiger partial charge in [-0.25, -0.2) is 9.59 Å². The first kappa shape index (κ1) is 20.3. The van der Waals surface area contributed by atoms with Gasteiger partial charge in [0.25, 0.3) is 0 Å². The third-order valence-corrected chi connectivity index (χ3v) is 3.91. The lowest BCUT2D eigenvalue weighted by Crippen LogP contribution is -2.47. The van der Waals surface area contributed by atoms with Crippen molar-refractivity contribution in [2.24, 2.45) is 5.92 Å². The number of esters is 1. The molecule has 0 saturated heterocycles. The summed E-state index contributed by atoms with van der Waals surface area (Å²) >= 11 is 0. The van der Waals surface area contributed by atoms with E-state index in [2.05, 4.69) is 10.6 Å². The van der Waals surface area contributed by atoms with Gasteiger partial charge < -0.3 is 20.1 Å². The highest BCUT2D eigenvalue weighted by molar-refractivity contribution is 5.87. The van der Waals surface area contributed by atoms with Crippen LogP contribution in [-0.4, -0.2) is 43.3 Å². The van der Waals surface area contributed by atoms with Crippen molar-refractivity contribution in [3.8, 4) is 0 Å². The number of nitrogens with one attached hydrogen (secondary N) is 2. The molecule has 1 atom stereocenters. The number of methoxy groups -OCH3 is 1. The SMILES string of the molecule is COC(=O)[C@@H](CC1CCCCC1)NC(=O)CNC(=O)OC(C)(C)C. The molecule has 24 heavy (non-hydrogen) atoms. The van der Waals surface area contributed by atoms with Crippen molar-refractivity contribution < 1.29 is 23.9 Å². The second kappa shape index (κ2) is 9.49. The molecule has 1 aliphatic carbocycles. The van der Waals surface area contributed by atoms with E-state index in [0.717, 1.165) is 25.7 Å². The maximum Gasteiger partial charge on any atom is 0.408 e. The standard InChI is InChI=1S/C17H30N2O5/c1-17(2,3)24-16(22)18-11-14(20)19-13(15(21)23-4)10-12-8-6-5-7-9-12/h12-13H,5-11H2,1-4H3,(H,18,22)(H,19,20)/t13-/m1/s1. The van der Waals surface area contributed by atoms with E-state index in [9.17, 15) is 14.4 Å². The Morgan fingerprint density at radius 3 is 2.29 bits per heavy atom. The topological polar surface area (TPSA) is 93.7 Å². The second-order valence-corrected chi connectivity index (χ2v) is 7.24. The van der Waals surface area contributed by atoms with Gasteiger partial charge in [0.05, 0.1) is 7.11 Å². The van der Waals surface area contributed by atoms with E-state index in [1.165, 1.54) is 13.5 Å². The van der Waals surface area contributed by atoms with Crippen molar-refractivity contribution in [2.45, 2.75) is 70.9 Å². The fraction of sp³-hybridized carbons (Fsp3) is 0.824. The highest BCUT2D eigenvalue weighted by Gasteiger charge is 2.26. The Balaban J connectivity index is 2.45. The summed E-state index contributed by atoms with van der Waals surface area (Å²) in [4.78, 5) is 35.4. The lowest BCUT2D eigenvalue weighted by molar-refractivity contribution is -0.145. The number of amides is 2. The van der Waals surface area contributed by atoms with Gasteiger partial charge in [0.2, 0.25) is 5.91 Å².